The molecule has 0 aromatic heterocycles. The maximum Gasteiger partial charge on any atom is 0.130 e. The number of benzene rings is 1. The Labute approximate surface area is 104 Å². The van der Waals surface area contributed by atoms with Crippen LogP contribution < -0.4 is 0 Å². The van der Waals surface area contributed by atoms with E-state index in [2.05, 4.69) is 0 Å². The van der Waals surface area contributed by atoms with Crippen LogP contribution in [0.3, 0.4) is 0 Å². The van der Waals surface area contributed by atoms with E-state index in [1.54, 1.807) is 12.1 Å². The molecule has 0 radical (unpaired) electrons. The molecule has 2 nitrogen and oxygen atoms in total. The number of fused-ring (bicyclic) bond motifs is 2. The van der Waals surface area contributed by atoms with Gasteiger partial charge in [-0.05, 0) is 31.4 Å². The summed E-state index contributed by atoms with van der Waals surface area (Å²) < 4.78 is 19.4. The molecule has 0 aliphatic carbocycles. The Morgan fingerprint density at radius 2 is 2.24 bits per heavy atom. The van der Waals surface area contributed by atoms with Crippen LogP contribution in [0, 0.1) is 11.7 Å². The van der Waals surface area contributed by atoms with Crippen molar-refractivity contribution in [1.29, 1.82) is 0 Å². The van der Waals surface area contributed by atoms with Gasteiger partial charge in [0.2, 0.25) is 0 Å². The van der Waals surface area contributed by atoms with Gasteiger partial charge in [0, 0.05) is 16.5 Å². The fraction of sp³-hybridized carbons (Fsp3) is 0.538. The number of hydrogen-bond donors (Lipinski definition) is 1. The van der Waals surface area contributed by atoms with Gasteiger partial charge in [0.1, 0.15) is 5.82 Å². The molecule has 2 heterocycles. The van der Waals surface area contributed by atoms with Crippen molar-refractivity contribution in [3.8, 4) is 0 Å². The number of rotatable bonds is 2. The van der Waals surface area contributed by atoms with Crippen molar-refractivity contribution in [1.82, 2.24) is 0 Å². The largest absolute Gasteiger partial charge is 0.388 e. The predicted octanol–water partition coefficient (Wildman–Crippen LogP) is 3.08. The topological polar surface area (TPSA) is 29.5 Å². The van der Waals surface area contributed by atoms with E-state index in [9.17, 15) is 9.50 Å². The molecule has 0 amide bonds. The van der Waals surface area contributed by atoms with Crippen LogP contribution in [0.25, 0.3) is 0 Å². The molecule has 3 rings (SSSR count). The molecule has 4 heteroatoms. The smallest absolute Gasteiger partial charge is 0.130 e. The van der Waals surface area contributed by atoms with Crippen molar-refractivity contribution in [3.63, 3.8) is 0 Å². The molecule has 4 unspecified atom stereocenters. The second-order valence-electron chi connectivity index (χ2n) is 4.88. The Morgan fingerprint density at radius 3 is 2.82 bits per heavy atom. The van der Waals surface area contributed by atoms with E-state index in [0.29, 0.717) is 10.6 Å². The standard InChI is InChI=1S/C13H14ClFO2/c14-7-1-3-9(11(15)5-7)13(16)10-6-8-2-4-12(10)17-8/h1,3,5,8,10,12-13,16H,2,4,6H2. The van der Waals surface area contributed by atoms with Gasteiger partial charge >= 0.3 is 0 Å². The number of aliphatic hydroxyl groups is 1. The van der Waals surface area contributed by atoms with E-state index in [1.807, 2.05) is 0 Å². The van der Waals surface area contributed by atoms with Crippen LogP contribution in [-0.4, -0.2) is 17.3 Å². The first-order valence-electron chi connectivity index (χ1n) is 5.93. The first-order chi connectivity index (χ1) is 8.15. The Bertz CT molecular complexity index is 437. The molecule has 1 N–H and O–H groups in total. The third-order valence-electron chi connectivity index (χ3n) is 3.84. The quantitative estimate of drug-likeness (QED) is 0.881. The van der Waals surface area contributed by atoms with Gasteiger partial charge in [-0.2, -0.15) is 0 Å². The van der Waals surface area contributed by atoms with Crippen LogP contribution >= 0.6 is 11.6 Å². The van der Waals surface area contributed by atoms with Crippen molar-refractivity contribution >= 4 is 11.6 Å². The monoisotopic (exact) mass is 256 g/mol. The third-order valence-corrected chi connectivity index (χ3v) is 4.07. The molecule has 0 spiro atoms. The fourth-order valence-electron chi connectivity index (χ4n) is 2.98. The summed E-state index contributed by atoms with van der Waals surface area (Å²) in [5, 5.41) is 10.6. The molecular formula is C13H14ClFO2. The Hall–Kier alpha value is -0.640. The average molecular weight is 257 g/mol. The highest BCUT2D eigenvalue weighted by Gasteiger charge is 2.44. The van der Waals surface area contributed by atoms with Gasteiger partial charge in [-0.3, -0.25) is 0 Å². The summed E-state index contributed by atoms with van der Waals surface area (Å²) in [6.45, 7) is 0. The van der Waals surface area contributed by atoms with E-state index >= 15 is 0 Å². The molecule has 2 bridgehead atoms. The summed E-state index contributed by atoms with van der Waals surface area (Å²) in [7, 11) is 0. The van der Waals surface area contributed by atoms with Crippen molar-refractivity contribution in [2.24, 2.45) is 5.92 Å². The fourth-order valence-corrected chi connectivity index (χ4v) is 3.14. The van der Waals surface area contributed by atoms with Crippen molar-refractivity contribution in [3.05, 3.63) is 34.6 Å². The number of aliphatic hydroxyl groups excluding tert-OH is 1. The molecular weight excluding hydrogens is 243 g/mol. The minimum Gasteiger partial charge on any atom is -0.388 e. The maximum atomic E-state index is 13.7. The SMILES string of the molecule is OC(c1ccc(Cl)cc1F)C1CC2CCC1O2. The molecule has 1 aromatic carbocycles. The summed E-state index contributed by atoms with van der Waals surface area (Å²) >= 11 is 5.70. The van der Waals surface area contributed by atoms with Crippen LogP contribution in [0.5, 0.6) is 0 Å². The molecule has 1 aromatic rings. The van der Waals surface area contributed by atoms with E-state index in [-0.39, 0.29) is 18.1 Å². The molecule has 2 aliphatic rings. The second-order valence-corrected chi connectivity index (χ2v) is 5.32. The Morgan fingerprint density at radius 1 is 1.41 bits per heavy atom. The van der Waals surface area contributed by atoms with Gasteiger partial charge in [0.05, 0.1) is 18.3 Å². The normalized spacial score (nSPS) is 33.0. The zero-order valence-electron chi connectivity index (χ0n) is 9.27. The highest BCUT2D eigenvalue weighted by molar-refractivity contribution is 6.30. The summed E-state index contributed by atoms with van der Waals surface area (Å²) in [5.41, 5.74) is 0.329. The van der Waals surface area contributed by atoms with Crippen molar-refractivity contribution < 1.29 is 14.2 Å². The van der Waals surface area contributed by atoms with Crippen LogP contribution in [0.15, 0.2) is 18.2 Å². The summed E-state index contributed by atoms with van der Waals surface area (Å²) in [6, 6.07) is 4.42. The zero-order chi connectivity index (χ0) is 12.0. The van der Waals surface area contributed by atoms with Crippen LogP contribution in [0.1, 0.15) is 30.9 Å². The predicted molar refractivity (Wildman–Crippen MR) is 62.4 cm³/mol. The number of halogens is 2. The number of hydrogen-bond acceptors (Lipinski definition) is 2. The number of ether oxygens (including phenoxy) is 1. The lowest BCUT2D eigenvalue weighted by Crippen LogP contribution is -2.24. The Balaban J connectivity index is 1.84. The Kier molecular flexibility index (Phi) is 2.85. The molecule has 17 heavy (non-hydrogen) atoms. The van der Waals surface area contributed by atoms with Gasteiger partial charge < -0.3 is 9.84 Å². The van der Waals surface area contributed by atoms with Crippen LogP contribution in [0.4, 0.5) is 4.39 Å². The van der Waals surface area contributed by atoms with E-state index in [1.165, 1.54) is 6.07 Å². The van der Waals surface area contributed by atoms with Gasteiger partial charge in [-0.1, -0.05) is 17.7 Å². The molecule has 2 fully saturated rings. The average Bonchev–Trinajstić information content (AvgIpc) is 2.89. The lowest BCUT2D eigenvalue weighted by atomic mass is 9.82. The summed E-state index contributed by atoms with van der Waals surface area (Å²) in [5.74, 6) is -0.419. The van der Waals surface area contributed by atoms with Crippen LogP contribution in [-0.2, 0) is 4.74 Å². The first kappa shape index (κ1) is 11.5. The molecule has 0 saturated carbocycles. The van der Waals surface area contributed by atoms with Crippen LogP contribution in [0.2, 0.25) is 5.02 Å². The highest BCUT2D eigenvalue weighted by atomic mass is 35.5. The van der Waals surface area contributed by atoms with Crippen molar-refractivity contribution in [2.75, 3.05) is 0 Å². The zero-order valence-corrected chi connectivity index (χ0v) is 10.0. The lowest BCUT2D eigenvalue weighted by Gasteiger charge is -2.24. The maximum absolute atomic E-state index is 13.7. The molecule has 92 valence electrons. The van der Waals surface area contributed by atoms with Gasteiger partial charge in [-0.15, -0.1) is 0 Å². The highest BCUT2D eigenvalue weighted by Crippen LogP contribution is 2.45. The molecule has 2 aliphatic heterocycles. The van der Waals surface area contributed by atoms with Crippen molar-refractivity contribution in [2.45, 2.75) is 37.6 Å². The second kappa shape index (κ2) is 4.23. The third kappa shape index (κ3) is 1.96. The summed E-state index contributed by atoms with van der Waals surface area (Å²) in [6.07, 6.45) is 2.43. The molecule has 2 saturated heterocycles. The lowest BCUT2D eigenvalue weighted by molar-refractivity contribution is 0.0407. The van der Waals surface area contributed by atoms with Gasteiger partial charge in [-0.25, -0.2) is 4.39 Å². The minimum atomic E-state index is -0.789. The molecule has 4 atom stereocenters. The van der Waals surface area contributed by atoms with E-state index in [4.69, 9.17) is 16.3 Å². The summed E-state index contributed by atoms with van der Waals surface area (Å²) in [4.78, 5) is 0. The first-order valence-corrected chi connectivity index (χ1v) is 6.31. The van der Waals surface area contributed by atoms with E-state index in [0.717, 1.165) is 19.3 Å². The van der Waals surface area contributed by atoms with E-state index < -0.39 is 11.9 Å². The minimum absolute atomic E-state index is 0.0180. The van der Waals surface area contributed by atoms with Gasteiger partial charge in [0.25, 0.3) is 0 Å². The van der Waals surface area contributed by atoms with Gasteiger partial charge in [0.15, 0.2) is 0 Å².